The number of hydrogen-bond donors (Lipinski definition) is 0. The third-order valence-electron chi connectivity index (χ3n) is 3.64. The van der Waals surface area contributed by atoms with Crippen molar-refractivity contribution in [3.8, 4) is 0 Å². The second kappa shape index (κ2) is 8.25. The van der Waals surface area contributed by atoms with Crippen LogP contribution in [-0.2, 0) is 0 Å². The minimum atomic E-state index is 0.720. The fraction of sp³-hybridized carbons (Fsp3) is 0.316. The third-order valence-corrected chi connectivity index (χ3v) is 3.64. The zero-order valence-corrected chi connectivity index (χ0v) is 12.7. The van der Waals surface area contributed by atoms with Crippen molar-refractivity contribution in [2.45, 2.75) is 32.6 Å². The van der Waals surface area contributed by atoms with E-state index in [9.17, 15) is 4.79 Å². The van der Waals surface area contributed by atoms with Crippen molar-refractivity contribution >= 4 is 17.7 Å². The Hall–Kier alpha value is -2.09. The van der Waals surface area contributed by atoms with Crippen LogP contribution in [0.2, 0.25) is 0 Å². The molecule has 0 fully saturated rings. The summed E-state index contributed by atoms with van der Waals surface area (Å²) < 4.78 is 0. The average molecular weight is 281 g/mol. The van der Waals surface area contributed by atoms with Gasteiger partial charge in [0.2, 0.25) is 0 Å². The molecule has 0 saturated heterocycles. The number of nitrogens with zero attached hydrogens (tertiary/aromatic N) is 1. The highest BCUT2D eigenvalue weighted by Crippen LogP contribution is 2.26. The predicted octanol–water partition coefficient (Wildman–Crippen LogP) is 5.22. The van der Waals surface area contributed by atoms with E-state index in [0.717, 1.165) is 24.1 Å². The zero-order chi connectivity index (χ0) is 14.9. The average Bonchev–Trinajstić information content (AvgIpc) is 2.56. The molecular weight excluding hydrogens is 258 g/mol. The fourth-order valence-electron chi connectivity index (χ4n) is 2.44. The van der Waals surface area contributed by atoms with Crippen molar-refractivity contribution < 1.29 is 4.79 Å². The van der Waals surface area contributed by atoms with Gasteiger partial charge in [0, 0.05) is 23.5 Å². The molecule has 0 saturated carbocycles. The lowest BCUT2D eigenvalue weighted by Gasteiger charge is -2.25. The Kier molecular flexibility index (Phi) is 6.01. The van der Waals surface area contributed by atoms with E-state index >= 15 is 0 Å². The van der Waals surface area contributed by atoms with Crippen molar-refractivity contribution in [1.82, 2.24) is 0 Å². The molecule has 0 radical (unpaired) electrons. The minimum Gasteiger partial charge on any atom is -0.341 e. The van der Waals surface area contributed by atoms with E-state index in [0.29, 0.717) is 0 Å². The summed E-state index contributed by atoms with van der Waals surface area (Å²) in [6.45, 7) is 3.23. The molecule has 0 bridgehead atoms. The number of carbonyl (C=O) groups excluding carboxylic acids is 1. The van der Waals surface area contributed by atoms with Crippen LogP contribution in [0.5, 0.6) is 0 Å². The predicted molar refractivity (Wildman–Crippen MR) is 89.4 cm³/mol. The molecule has 2 rings (SSSR count). The molecule has 0 amide bonds. The molecular formula is C19H23NO. The molecule has 2 nitrogen and oxygen atoms in total. The van der Waals surface area contributed by atoms with Gasteiger partial charge in [0.15, 0.2) is 0 Å². The molecule has 2 aromatic rings. The van der Waals surface area contributed by atoms with E-state index in [2.05, 4.69) is 36.1 Å². The molecule has 0 aliphatic carbocycles. The van der Waals surface area contributed by atoms with Crippen LogP contribution in [0.3, 0.4) is 0 Å². The number of anilines is 2. The highest BCUT2D eigenvalue weighted by molar-refractivity contribution is 5.76. The molecule has 0 spiro atoms. The van der Waals surface area contributed by atoms with Gasteiger partial charge in [-0.15, -0.1) is 0 Å². The molecule has 21 heavy (non-hydrogen) atoms. The molecule has 0 N–H and O–H groups in total. The lowest BCUT2D eigenvalue weighted by Crippen LogP contribution is -2.18. The van der Waals surface area contributed by atoms with Gasteiger partial charge >= 0.3 is 0 Å². The topological polar surface area (TPSA) is 20.3 Å². The largest absolute Gasteiger partial charge is 0.341 e. The summed E-state index contributed by atoms with van der Waals surface area (Å²) in [4.78, 5) is 13.1. The standard InChI is InChI=1S/C19H23NO/c1-2-3-4-8-15-20(18-9-6-5-7-10-18)19-13-11-17(16-21)12-14-19/h5-7,9-14,16H,2-4,8,15H2,1H3. The monoisotopic (exact) mass is 281 g/mol. The van der Waals surface area contributed by atoms with E-state index in [4.69, 9.17) is 0 Å². The molecule has 2 heteroatoms. The number of unbranched alkanes of at least 4 members (excludes halogenated alkanes) is 3. The van der Waals surface area contributed by atoms with Crippen LogP contribution in [0, 0.1) is 0 Å². The second-order valence-corrected chi connectivity index (χ2v) is 5.26. The summed E-state index contributed by atoms with van der Waals surface area (Å²) in [5, 5.41) is 0. The van der Waals surface area contributed by atoms with Crippen LogP contribution >= 0.6 is 0 Å². The second-order valence-electron chi connectivity index (χ2n) is 5.26. The first-order valence-electron chi connectivity index (χ1n) is 7.73. The molecule has 0 aliphatic heterocycles. The van der Waals surface area contributed by atoms with Crippen LogP contribution in [0.25, 0.3) is 0 Å². The van der Waals surface area contributed by atoms with Gasteiger partial charge in [-0.05, 0) is 42.8 Å². The highest BCUT2D eigenvalue weighted by Gasteiger charge is 2.08. The molecule has 2 aromatic carbocycles. The summed E-state index contributed by atoms with van der Waals surface area (Å²) >= 11 is 0. The Morgan fingerprint density at radius 1 is 0.857 bits per heavy atom. The van der Waals surface area contributed by atoms with Gasteiger partial charge < -0.3 is 4.90 Å². The van der Waals surface area contributed by atoms with E-state index in [1.54, 1.807) is 0 Å². The Morgan fingerprint density at radius 3 is 2.14 bits per heavy atom. The lowest BCUT2D eigenvalue weighted by molar-refractivity contribution is 0.112. The summed E-state index contributed by atoms with van der Waals surface area (Å²) in [5.41, 5.74) is 3.06. The summed E-state index contributed by atoms with van der Waals surface area (Å²) in [6.07, 6.45) is 5.86. The van der Waals surface area contributed by atoms with Crippen molar-refractivity contribution in [3.05, 3.63) is 60.2 Å². The van der Waals surface area contributed by atoms with Crippen molar-refractivity contribution in [2.75, 3.05) is 11.4 Å². The van der Waals surface area contributed by atoms with E-state index in [1.807, 2.05) is 30.3 Å². The van der Waals surface area contributed by atoms with E-state index in [-0.39, 0.29) is 0 Å². The maximum Gasteiger partial charge on any atom is 0.150 e. The summed E-state index contributed by atoms with van der Waals surface area (Å²) in [6, 6.07) is 18.2. The quantitative estimate of drug-likeness (QED) is 0.488. The first-order valence-corrected chi connectivity index (χ1v) is 7.73. The number of hydrogen-bond acceptors (Lipinski definition) is 2. The number of aldehydes is 1. The van der Waals surface area contributed by atoms with Crippen LogP contribution in [0.1, 0.15) is 43.0 Å². The van der Waals surface area contributed by atoms with Gasteiger partial charge in [-0.25, -0.2) is 0 Å². The third kappa shape index (κ3) is 4.45. The number of rotatable bonds is 8. The minimum absolute atomic E-state index is 0.720. The molecule has 0 heterocycles. The van der Waals surface area contributed by atoms with Crippen LogP contribution in [-0.4, -0.2) is 12.8 Å². The van der Waals surface area contributed by atoms with Crippen molar-refractivity contribution in [3.63, 3.8) is 0 Å². The van der Waals surface area contributed by atoms with Gasteiger partial charge in [0.25, 0.3) is 0 Å². The smallest absolute Gasteiger partial charge is 0.150 e. The van der Waals surface area contributed by atoms with Crippen LogP contribution < -0.4 is 4.90 Å². The molecule has 110 valence electrons. The number of para-hydroxylation sites is 1. The molecule has 0 aliphatic rings. The maximum atomic E-state index is 10.8. The Morgan fingerprint density at radius 2 is 1.52 bits per heavy atom. The van der Waals surface area contributed by atoms with Gasteiger partial charge in [-0.1, -0.05) is 44.4 Å². The Labute approximate surface area is 127 Å². The molecule has 0 atom stereocenters. The van der Waals surface area contributed by atoms with Crippen molar-refractivity contribution in [1.29, 1.82) is 0 Å². The summed E-state index contributed by atoms with van der Waals surface area (Å²) in [7, 11) is 0. The Bertz CT molecular complexity index is 533. The first kappa shape index (κ1) is 15.3. The summed E-state index contributed by atoms with van der Waals surface area (Å²) in [5.74, 6) is 0. The first-order chi connectivity index (χ1) is 10.3. The van der Waals surface area contributed by atoms with Crippen LogP contribution in [0.4, 0.5) is 11.4 Å². The number of carbonyl (C=O) groups is 1. The lowest BCUT2D eigenvalue weighted by atomic mass is 10.1. The number of benzene rings is 2. The van der Waals surface area contributed by atoms with E-state index < -0.39 is 0 Å². The zero-order valence-electron chi connectivity index (χ0n) is 12.7. The van der Waals surface area contributed by atoms with Gasteiger partial charge in [0.1, 0.15) is 6.29 Å². The van der Waals surface area contributed by atoms with Gasteiger partial charge in [-0.3, -0.25) is 4.79 Å². The van der Waals surface area contributed by atoms with Gasteiger partial charge in [0.05, 0.1) is 0 Å². The molecule has 0 unspecified atom stereocenters. The maximum absolute atomic E-state index is 10.8. The van der Waals surface area contributed by atoms with E-state index in [1.165, 1.54) is 31.4 Å². The SMILES string of the molecule is CCCCCCN(c1ccccc1)c1ccc(C=O)cc1. The van der Waals surface area contributed by atoms with Gasteiger partial charge in [-0.2, -0.15) is 0 Å². The van der Waals surface area contributed by atoms with Crippen molar-refractivity contribution in [2.24, 2.45) is 0 Å². The van der Waals surface area contributed by atoms with Crippen LogP contribution in [0.15, 0.2) is 54.6 Å². The normalized spacial score (nSPS) is 10.3. The molecule has 0 aromatic heterocycles. The Balaban J connectivity index is 2.16. The fourth-order valence-corrected chi connectivity index (χ4v) is 2.44. The highest BCUT2D eigenvalue weighted by atomic mass is 16.1.